The third kappa shape index (κ3) is 4.85. The van der Waals surface area contributed by atoms with Crippen LogP contribution in [0, 0.1) is 11.8 Å². The number of carbonyl (C=O) groups is 4. The van der Waals surface area contributed by atoms with Gasteiger partial charge in [-0.3, -0.25) is 24.5 Å². The second-order valence-electron chi connectivity index (χ2n) is 9.58. The zero-order valence-electron chi connectivity index (χ0n) is 18.9. The number of carbonyl (C=O) groups excluding carboxylic acids is 4. The predicted octanol–water partition coefficient (Wildman–Crippen LogP) is 1.43. The van der Waals surface area contributed by atoms with Gasteiger partial charge < -0.3 is 15.1 Å². The minimum atomic E-state index is -0.614. The van der Waals surface area contributed by atoms with Crippen LogP contribution in [0.25, 0.3) is 0 Å². The van der Waals surface area contributed by atoms with E-state index >= 15 is 0 Å². The van der Waals surface area contributed by atoms with E-state index in [4.69, 9.17) is 0 Å². The Morgan fingerprint density at radius 3 is 2.59 bits per heavy atom. The molecular weight excluding hydrogens is 408 g/mol. The fourth-order valence-corrected chi connectivity index (χ4v) is 4.97. The Bertz CT molecular complexity index is 921. The van der Waals surface area contributed by atoms with Crippen molar-refractivity contribution in [2.24, 2.45) is 11.8 Å². The van der Waals surface area contributed by atoms with E-state index in [2.05, 4.69) is 29.4 Å². The fourth-order valence-electron chi connectivity index (χ4n) is 4.97. The van der Waals surface area contributed by atoms with Crippen molar-refractivity contribution in [1.82, 2.24) is 20.4 Å². The molecule has 32 heavy (non-hydrogen) atoms. The Kier molecular flexibility index (Phi) is 6.60. The summed E-state index contributed by atoms with van der Waals surface area (Å²) in [5.41, 5.74) is 2.38. The number of benzene rings is 1. The van der Waals surface area contributed by atoms with Gasteiger partial charge in [0.2, 0.25) is 17.7 Å². The lowest BCUT2D eigenvalue weighted by atomic mass is 9.95. The zero-order valence-corrected chi connectivity index (χ0v) is 18.9. The molecular formula is C24H32N4O4. The molecule has 0 aliphatic carbocycles. The van der Waals surface area contributed by atoms with Gasteiger partial charge in [-0.2, -0.15) is 0 Å². The first-order valence-electron chi connectivity index (χ1n) is 11.6. The van der Waals surface area contributed by atoms with Gasteiger partial charge in [0, 0.05) is 37.5 Å². The third-order valence-corrected chi connectivity index (χ3v) is 6.64. The maximum absolute atomic E-state index is 12.8. The number of fused-ring (bicyclic) bond motifs is 1. The van der Waals surface area contributed by atoms with E-state index in [1.165, 1.54) is 0 Å². The van der Waals surface area contributed by atoms with Crippen molar-refractivity contribution in [3.8, 4) is 0 Å². The summed E-state index contributed by atoms with van der Waals surface area (Å²) in [4.78, 5) is 53.0. The molecule has 8 heteroatoms. The highest BCUT2D eigenvalue weighted by molar-refractivity contribution is 6.05. The lowest BCUT2D eigenvalue weighted by Gasteiger charge is -2.32. The number of amides is 4. The zero-order chi connectivity index (χ0) is 22.8. The largest absolute Gasteiger partial charge is 0.352 e. The van der Waals surface area contributed by atoms with E-state index in [-0.39, 0.29) is 30.1 Å². The monoisotopic (exact) mass is 440 g/mol. The van der Waals surface area contributed by atoms with Gasteiger partial charge in [0.1, 0.15) is 6.04 Å². The SMILES string of the molecule is CC(C)CN1CCC(C(=O)NCc2ccc3c(c2)CN(C2CCC(=O)NC2=O)C3=O)CC1. The van der Waals surface area contributed by atoms with Crippen LogP contribution in [0.5, 0.6) is 0 Å². The van der Waals surface area contributed by atoms with Crippen LogP contribution >= 0.6 is 0 Å². The summed E-state index contributed by atoms with van der Waals surface area (Å²) in [6.07, 6.45) is 2.36. The van der Waals surface area contributed by atoms with Crippen molar-refractivity contribution < 1.29 is 19.2 Å². The minimum absolute atomic E-state index is 0.0532. The molecule has 0 spiro atoms. The average Bonchev–Trinajstić information content (AvgIpc) is 3.08. The smallest absolute Gasteiger partial charge is 0.255 e. The van der Waals surface area contributed by atoms with E-state index in [1.807, 2.05) is 12.1 Å². The van der Waals surface area contributed by atoms with Crippen LogP contribution in [0.2, 0.25) is 0 Å². The Morgan fingerprint density at radius 2 is 1.91 bits per heavy atom. The van der Waals surface area contributed by atoms with Gasteiger partial charge in [-0.15, -0.1) is 0 Å². The Morgan fingerprint density at radius 1 is 1.16 bits per heavy atom. The number of nitrogens with zero attached hydrogens (tertiary/aromatic N) is 2. The molecule has 1 aromatic carbocycles. The molecule has 0 aromatic heterocycles. The molecule has 3 heterocycles. The summed E-state index contributed by atoms with van der Waals surface area (Å²) in [5, 5.41) is 5.37. The van der Waals surface area contributed by atoms with Crippen LogP contribution in [-0.2, 0) is 27.5 Å². The van der Waals surface area contributed by atoms with Crippen molar-refractivity contribution in [3.05, 3.63) is 34.9 Å². The quantitative estimate of drug-likeness (QED) is 0.652. The first kappa shape index (κ1) is 22.5. The van der Waals surface area contributed by atoms with Crippen molar-refractivity contribution in [1.29, 1.82) is 0 Å². The summed E-state index contributed by atoms with van der Waals surface area (Å²) in [6.45, 7) is 8.21. The normalized spacial score (nSPS) is 22.3. The summed E-state index contributed by atoms with van der Waals surface area (Å²) in [6, 6.07) is 4.95. The molecule has 2 saturated heterocycles. The minimum Gasteiger partial charge on any atom is -0.352 e. The highest BCUT2D eigenvalue weighted by atomic mass is 16.2. The molecule has 0 radical (unpaired) electrons. The number of nitrogens with one attached hydrogen (secondary N) is 2. The summed E-state index contributed by atoms with van der Waals surface area (Å²) >= 11 is 0. The molecule has 2 fully saturated rings. The topological polar surface area (TPSA) is 98.8 Å². The lowest BCUT2D eigenvalue weighted by molar-refractivity contribution is -0.137. The number of likely N-dealkylation sites (tertiary alicyclic amines) is 1. The number of hydrogen-bond donors (Lipinski definition) is 2. The first-order valence-corrected chi connectivity index (χ1v) is 11.6. The van der Waals surface area contributed by atoms with E-state index in [0.717, 1.165) is 43.6 Å². The molecule has 1 unspecified atom stereocenters. The van der Waals surface area contributed by atoms with E-state index in [9.17, 15) is 19.2 Å². The standard InChI is InChI=1S/C24H32N4O4/c1-15(2)13-27-9-7-17(8-10-27)22(30)25-12-16-3-4-19-18(11-16)14-28(24(19)32)20-5-6-21(29)26-23(20)31/h3-4,11,15,17,20H,5-10,12-14H2,1-2H3,(H,25,30)(H,26,29,31). The maximum atomic E-state index is 12.8. The third-order valence-electron chi connectivity index (χ3n) is 6.64. The van der Waals surface area contributed by atoms with Crippen molar-refractivity contribution in [2.45, 2.75) is 58.7 Å². The Balaban J connectivity index is 1.31. The van der Waals surface area contributed by atoms with Crippen LogP contribution in [0.15, 0.2) is 18.2 Å². The highest BCUT2D eigenvalue weighted by Crippen LogP contribution is 2.28. The molecule has 3 aliphatic rings. The average molecular weight is 441 g/mol. The Labute approximate surface area is 188 Å². The van der Waals surface area contributed by atoms with Gasteiger partial charge in [-0.25, -0.2) is 0 Å². The van der Waals surface area contributed by atoms with Crippen LogP contribution in [0.4, 0.5) is 0 Å². The molecule has 172 valence electrons. The molecule has 0 saturated carbocycles. The number of imide groups is 1. The van der Waals surface area contributed by atoms with Crippen LogP contribution in [0.3, 0.4) is 0 Å². The van der Waals surface area contributed by atoms with Crippen LogP contribution in [0.1, 0.15) is 61.0 Å². The molecule has 1 atom stereocenters. The van der Waals surface area contributed by atoms with Crippen molar-refractivity contribution >= 4 is 23.6 Å². The van der Waals surface area contributed by atoms with E-state index in [0.29, 0.717) is 31.0 Å². The predicted molar refractivity (Wildman–Crippen MR) is 118 cm³/mol. The summed E-state index contributed by atoms with van der Waals surface area (Å²) in [7, 11) is 0. The Hall–Kier alpha value is -2.74. The second-order valence-corrected chi connectivity index (χ2v) is 9.58. The number of piperidine rings is 2. The van der Waals surface area contributed by atoms with Crippen LogP contribution in [-0.4, -0.2) is 59.1 Å². The molecule has 8 nitrogen and oxygen atoms in total. The van der Waals surface area contributed by atoms with Gasteiger partial charge in [0.25, 0.3) is 5.91 Å². The number of hydrogen-bond acceptors (Lipinski definition) is 5. The van der Waals surface area contributed by atoms with Gasteiger partial charge in [-0.1, -0.05) is 26.0 Å². The highest BCUT2D eigenvalue weighted by Gasteiger charge is 2.39. The van der Waals surface area contributed by atoms with Crippen LogP contribution < -0.4 is 10.6 Å². The summed E-state index contributed by atoms with van der Waals surface area (Å²) in [5.74, 6) is -0.0991. The van der Waals surface area contributed by atoms with Crippen molar-refractivity contribution in [2.75, 3.05) is 19.6 Å². The number of rotatable bonds is 6. The second kappa shape index (κ2) is 9.40. The van der Waals surface area contributed by atoms with Gasteiger partial charge in [0.15, 0.2) is 0 Å². The lowest BCUT2D eigenvalue weighted by Crippen LogP contribution is -2.52. The summed E-state index contributed by atoms with van der Waals surface area (Å²) < 4.78 is 0. The fraction of sp³-hybridized carbons (Fsp3) is 0.583. The van der Waals surface area contributed by atoms with Gasteiger partial charge in [0.05, 0.1) is 0 Å². The molecule has 4 rings (SSSR count). The van der Waals surface area contributed by atoms with Gasteiger partial charge in [-0.05, 0) is 55.5 Å². The molecule has 2 N–H and O–H groups in total. The molecule has 1 aromatic rings. The van der Waals surface area contributed by atoms with Gasteiger partial charge >= 0.3 is 0 Å². The van der Waals surface area contributed by atoms with Crippen molar-refractivity contribution in [3.63, 3.8) is 0 Å². The molecule has 3 aliphatic heterocycles. The van der Waals surface area contributed by atoms with E-state index < -0.39 is 11.9 Å². The molecule has 4 amide bonds. The molecule has 0 bridgehead atoms. The maximum Gasteiger partial charge on any atom is 0.255 e. The van der Waals surface area contributed by atoms with E-state index in [1.54, 1.807) is 11.0 Å². The first-order chi connectivity index (χ1) is 15.3.